The van der Waals surface area contributed by atoms with Crippen LogP contribution in [0.5, 0.6) is 0 Å². The third kappa shape index (κ3) is 3.16. The molecule has 0 spiro atoms. The van der Waals surface area contributed by atoms with E-state index < -0.39 is 11.8 Å². The van der Waals surface area contributed by atoms with Crippen molar-refractivity contribution in [2.45, 2.75) is 39.2 Å². The summed E-state index contributed by atoms with van der Waals surface area (Å²) < 4.78 is 10.1. The molecule has 0 unspecified atom stereocenters. The largest absolute Gasteiger partial charge is 0.469 e. The highest BCUT2D eigenvalue weighted by molar-refractivity contribution is 5.84. The van der Waals surface area contributed by atoms with Crippen LogP contribution in [-0.4, -0.2) is 51.2 Å². The summed E-state index contributed by atoms with van der Waals surface area (Å²) in [4.78, 5) is 27.0. The van der Waals surface area contributed by atoms with Crippen LogP contribution in [0.2, 0.25) is 0 Å². The maximum Gasteiger partial charge on any atom is 0.311 e. The second kappa shape index (κ2) is 6.63. The average molecular weight is 323 g/mol. The number of ether oxygens (including phenoxy) is 2. The van der Waals surface area contributed by atoms with E-state index in [1.165, 1.54) is 19.8 Å². The van der Waals surface area contributed by atoms with Crippen LogP contribution < -0.4 is 0 Å². The Hall–Kier alpha value is -1.36. The average Bonchev–Trinajstić information content (AvgIpc) is 2.51. The van der Waals surface area contributed by atoms with Gasteiger partial charge in [-0.1, -0.05) is 31.9 Å². The Balaban J connectivity index is 2.58. The number of esters is 2. The summed E-state index contributed by atoms with van der Waals surface area (Å²) in [6.45, 7) is 4.45. The quantitative estimate of drug-likeness (QED) is 0.589. The van der Waals surface area contributed by atoms with Crippen LogP contribution in [0.3, 0.4) is 0 Å². The van der Waals surface area contributed by atoms with E-state index in [1.807, 2.05) is 19.0 Å². The van der Waals surface area contributed by atoms with Gasteiger partial charge in [-0.05, 0) is 38.3 Å². The SMILES string of the molecule is COC(=O)[C@@H]1[C@@H](C(=O)OC)[C@H]2CCCC(C)(C)C2=C[C@H]1N(C)C. The molecular formula is C18H29NO4. The zero-order valence-corrected chi connectivity index (χ0v) is 15.1. The lowest BCUT2D eigenvalue weighted by atomic mass is 9.57. The van der Waals surface area contributed by atoms with Crippen LogP contribution in [0.1, 0.15) is 33.1 Å². The summed E-state index contributed by atoms with van der Waals surface area (Å²) in [5.41, 5.74) is 1.34. The van der Waals surface area contributed by atoms with Gasteiger partial charge in [0.25, 0.3) is 0 Å². The summed E-state index contributed by atoms with van der Waals surface area (Å²) in [5.74, 6) is -1.57. The van der Waals surface area contributed by atoms with Gasteiger partial charge in [-0.25, -0.2) is 0 Å². The molecule has 0 aromatic heterocycles. The Morgan fingerprint density at radius 3 is 2.22 bits per heavy atom. The van der Waals surface area contributed by atoms with Crippen molar-refractivity contribution in [1.29, 1.82) is 0 Å². The fourth-order valence-electron chi connectivity index (χ4n) is 4.38. The smallest absolute Gasteiger partial charge is 0.311 e. The molecule has 1 saturated carbocycles. The second-order valence-corrected chi connectivity index (χ2v) is 7.56. The standard InChI is InChI=1S/C18H29NO4/c1-18(2)9-7-8-11-12(18)10-13(19(3)4)15(17(21)23-6)14(11)16(20)22-5/h10-11,13-15H,7-9H2,1-6H3/t11-,13+,14-,15-/m0/s1. The van der Waals surface area contributed by atoms with Gasteiger partial charge in [-0.15, -0.1) is 0 Å². The van der Waals surface area contributed by atoms with Crippen molar-refractivity contribution in [3.63, 3.8) is 0 Å². The molecular weight excluding hydrogens is 294 g/mol. The van der Waals surface area contributed by atoms with E-state index in [9.17, 15) is 9.59 Å². The molecule has 0 saturated heterocycles. The van der Waals surface area contributed by atoms with Gasteiger partial charge in [0, 0.05) is 6.04 Å². The Morgan fingerprint density at radius 2 is 1.70 bits per heavy atom. The summed E-state index contributed by atoms with van der Waals surface area (Å²) >= 11 is 0. The Bertz CT molecular complexity index is 509. The third-order valence-corrected chi connectivity index (χ3v) is 5.58. The van der Waals surface area contributed by atoms with Crippen LogP contribution in [0, 0.1) is 23.2 Å². The van der Waals surface area contributed by atoms with Crippen molar-refractivity contribution in [3.05, 3.63) is 11.6 Å². The minimum Gasteiger partial charge on any atom is -0.469 e. The Kier molecular flexibility index (Phi) is 5.19. The summed E-state index contributed by atoms with van der Waals surface area (Å²) in [7, 11) is 6.64. The molecule has 0 amide bonds. The van der Waals surface area contributed by atoms with E-state index in [2.05, 4.69) is 19.9 Å². The van der Waals surface area contributed by atoms with Crippen molar-refractivity contribution in [3.8, 4) is 0 Å². The van der Waals surface area contributed by atoms with Crippen LogP contribution in [0.15, 0.2) is 11.6 Å². The number of rotatable bonds is 3. The predicted octanol–water partition coefficient (Wildman–Crippen LogP) is 2.26. The van der Waals surface area contributed by atoms with E-state index in [1.54, 1.807) is 0 Å². The molecule has 0 N–H and O–H groups in total. The highest BCUT2D eigenvalue weighted by Gasteiger charge is 2.52. The van der Waals surface area contributed by atoms with E-state index in [-0.39, 0.29) is 29.3 Å². The van der Waals surface area contributed by atoms with Crippen molar-refractivity contribution in [2.24, 2.45) is 23.2 Å². The fraction of sp³-hybridized carbons (Fsp3) is 0.778. The van der Waals surface area contributed by atoms with Crippen molar-refractivity contribution < 1.29 is 19.1 Å². The second-order valence-electron chi connectivity index (χ2n) is 7.56. The maximum absolute atomic E-state index is 12.6. The molecule has 2 aliphatic rings. The van der Waals surface area contributed by atoms with Gasteiger partial charge in [0.15, 0.2) is 0 Å². The Morgan fingerprint density at radius 1 is 1.13 bits per heavy atom. The topological polar surface area (TPSA) is 55.8 Å². The van der Waals surface area contributed by atoms with Crippen LogP contribution in [0.25, 0.3) is 0 Å². The zero-order chi connectivity index (χ0) is 17.4. The summed E-state index contributed by atoms with van der Waals surface area (Å²) in [5, 5.41) is 0. The van der Waals surface area contributed by atoms with Gasteiger partial charge >= 0.3 is 11.9 Å². The molecule has 0 aromatic rings. The number of methoxy groups -OCH3 is 2. The first kappa shape index (κ1) is 18.0. The number of likely N-dealkylation sites (N-methyl/N-ethyl adjacent to an activating group) is 1. The molecule has 5 heteroatoms. The number of nitrogens with zero attached hydrogens (tertiary/aromatic N) is 1. The minimum atomic E-state index is -0.523. The number of allylic oxidation sites excluding steroid dienone is 1. The molecule has 2 rings (SSSR count). The molecule has 2 aliphatic carbocycles. The molecule has 0 bridgehead atoms. The molecule has 1 fully saturated rings. The first-order valence-corrected chi connectivity index (χ1v) is 8.29. The van der Waals surface area contributed by atoms with Gasteiger partial charge in [0.1, 0.15) is 0 Å². The van der Waals surface area contributed by atoms with Gasteiger partial charge in [0.2, 0.25) is 0 Å². The van der Waals surface area contributed by atoms with Crippen LogP contribution in [-0.2, 0) is 19.1 Å². The highest BCUT2D eigenvalue weighted by Crippen LogP contribution is 2.52. The molecule has 0 aliphatic heterocycles. The Labute approximate surface area is 139 Å². The van der Waals surface area contributed by atoms with Crippen molar-refractivity contribution in [2.75, 3.05) is 28.3 Å². The lowest BCUT2D eigenvalue weighted by molar-refractivity contribution is -0.163. The minimum absolute atomic E-state index is 0.0462. The van der Waals surface area contributed by atoms with E-state index in [0.29, 0.717) is 0 Å². The van der Waals surface area contributed by atoms with Gasteiger partial charge in [-0.3, -0.25) is 9.59 Å². The van der Waals surface area contributed by atoms with E-state index in [4.69, 9.17) is 9.47 Å². The number of hydrogen-bond donors (Lipinski definition) is 0. The first-order valence-electron chi connectivity index (χ1n) is 8.29. The lowest BCUT2D eigenvalue weighted by Gasteiger charge is -2.49. The molecule has 23 heavy (non-hydrogen) atoms. The third-order valence-electron chi connectivity index (χ3n) is 5.58. The molecule has 0 aromatic carbocycles. The lowest BCUT2D eigenvalue weighted by Crippen LogP contribution is -2.53. The van der Waals surface area contributed by atoms with E-state index >= 15 is 0 Å². The zero-order valence-electron chi connectivity index (χ0n) is 15.1. The predicted molar refractivity (Wildman–Crippen MR) is 87.7 cm³/mol. The fourth-order valence-corrected chi connectivity index (χ4v) is 4.38. The van der Waals surface area contributed by atoms with Gasteiger partial charge < -0.3 is 14.4 Å². The summed E-state index contributed by atoms with van der Waals surface area (Å²) in [6, 6.07) is -0.157. The molecule has 0 radical (unpaired) electrons. The monoisotopic (exact) mass is 323 g/mol. The van der Waals surface area contributed by atoms with Crippen molar-refractivity contribution >= 4 is 11.9 Å². The van der Waals surface area contributed by atoms with Crippen LogP contribution in [0.4, 0.5) is 0 Å². The van der Waals surface area contributed by atoms with Crippen LogP contribution >= 0.6 is 0 Å². The molecule has 0 heterocycles. The highest BCUT2D eigenvalue weighted by atomic mass is 16.5. The number of fused-ring (bicyclic) bond motifs is 1. The maximum atomic E-state index is 12.6. The van der Waals surface area contributed by atoms with Gasteiger partial charge in [0.05, 0.1) is 26.1 Å². The van der Waals surface area contributed by atoms with Gasteiger partial charge in [-0.2, -0.15) is 0 Å². The van der Waals surface area contributed by atoms with E-state index in [0.717, 1.165) is 19.3 Å². The first-order chi connectivity index (χ1) is 10.7. The summed E-state index contributed by atoms with van der Waals surface area (Å²) in [6.07, 6.45) is 5.28. The number of carbonyl (C=O) groups is 2. The normalized spacial score (nSPS) is 32.7. The molecule has 130 valence electrons. The number of hydrogen-bond acceptors (Lipinski definition) is 5. The van der Waals surface area contributed by atoms with Crippen molar-refractivity contribution in [1.82, 2.24) is 4.90 Å². The molecule has 5 nitrogen and oxygen atoms in total. The molecule has 4 atom stereocenters. The number of carbonyl (C=O) groups excluding carboxylic acids is 2.